The monoisotopic (exact) mass is 307 g/mol. The summed E-state index contributed by atoms with van der Waals surface area (Å²) in [5.41, 5.74) is 0. The van der Waals surface area contributed by atoms with Crippen molar-refractivity contribution in [3.05, 3.63) is 12.2 Å². The summed E-state index contributed by atoms with van der Waals surface area (Å²) in [5.74, 6) is 1.15. The van der Waals surface area contributed by atoms with Gasteiger partial charge in [-0.25, -0.2) is 8.78 Å². The minimum atomic E-state index is -2.43. The van der Waals surface area contributed by atoms with Crippen LogP contribution in [0, 0.1) is 11.8 Å². The lowest BCUT2D eigenvalue weighted by atomic mass is 9.85. The molecule has 0 saturated carbocycles. The van der Waals surface area contributed by atoms with E-state index in [4.69, 9.17) is 9.47 Å². The molecule has 6 heteroatoms. The zero-order valence-electron chi connectivity index (χ0n) is 12.6. The Bertz CT molecular complexity index is 290. The summed E-state index contributed by atoms with van der Waals surface area (Å²) in [6.45, 7) is 3.66. The van der Waals surface area contributed by atoms with E-state index < -0.39 is 19.1 Å². The van der Waals surface area contributed by atoms with Crippen LogP contribution in [-0.4, -0.2) is 57.2 Å². The molecule has 124 valence electrons. The van der Waals surface area contributed by atoms with Crippen molar-refractivity contribution in [3.63, 3.8) is 0 Å². The van der Waals surface area contributed by atoms with E-state index in [1.165, 1.54) is 0 Å². The lowest BCUT2D eigenvalue weighted by molar-refractivity contribution is 0.00750. The normalized spacial score (nSPS) is 23.7. The van der Waals surface area contributed by atoms with Gasteiger partial charge in [0, 0.05) is 13.1 Å². The number of alkyl halides is 2. The Kier molecular flexibility index (Phi) is 9.74. The third-order valence-corrected chi connectivity index (χ3v) is 3.61. The summed E-state index contributed by atoms with van der Waals surface area (Å²) in [7, 11) is 0. The van der Waals surface area contributed by atoms with Crippen LogP contribution in [-0.2, 0) is 9.47 Å². The van der Waals surface area contributed by atoms with Crippen molar-refractivity contribution >= 4 is 0 Å². The maximum Gasteiger partial charge on any atom is 0.261 e. The molecule has 0 aromatic rings. The molecule has 0 aliphatic heterocycles. The summed E-state index contributed by atoms with van der Waals surface area (Å²) in [6, 6.07) is 0. The molecule has 0 radical (unpaired) electrons. The van der Waals surface area contributed by atoms with Gasteiger partial charge in [-0.15, -0.1) is 0 Å². The molecular formula is C15H27F2NO3. The van der Waals surface area contributed by atoms with Gasteiger partial charge < -0.3 is 19.9 Å². The molecule has 1 aliphatic carbocycles. The standard InChI is InChI=1S/C15H27F2NO3/c1-12-4-2-3-5-13(12)9-21-10-14(19)8-18-6-7-20-11-15(16)17/h2-3,12-15,18-19H,4-11H2,1H3. The Balaban J connectivity index is 1.94. The van der Waals surface area contributed by atoms with Gasteiger partial charge in [0.05, 0.1) is 25.9 Å². The molecule has 1 rings (SSSR count). The summed E-state index contributed by atoms with van der Waals surface area (Å²) in [4.78, 5) is 0. The lowest BCUT2D eigenvalue weighted by Crippen LogP contribution is -2.33. The number of halogens is 2. The van der Waals surface area contributed by atoms with Gasteiger partial charge >= 0.3 is 0 Å². The SMILES string of the molecule is CC1CC=CCC1COCC(O)CNCCOCC(F)F. The fourth-order valence-corrected chi connectivity index (χ4v) is 2.24. The zero-order valence-corrected chi connectivity index (χ0v) is 12.6. The van der Waals surface area contributed by atoms with E-state index in [9.17, 15) is 13.9 Å². The van der Waals surface area contributed by atoms with Gasteiger partial charge in [0.15, 0.2) is 0 Å². The van der Waals surface area contributed by atoms with Gasteiger partial charge in [0.2, 0.25) is 0 Å². The van der Waals surface area contributed by atoms with E-state index in [0.717, 1.165) is 12.8 Å². The first-order chi connectivity index (χ1) is 10.1. The quantitative estimate of drug-likeness (QED) is 0.452. The summed E-state index contributed by atoms with van der Waals surface area (Å²) >= 11 is 0. The average molecular weight is 307 g/mol. The second kappa shape index (κ2) is 11.1. The third kappa shape index (κ3) is 9.14. The van der Waals surface area contributed by atoms with Gasteiger partial charge in [-0.3, -0.25) is 0 Å². The molecule has 0 saturated heterocycles. The van der Waals surface area contributed by atoms with Crippen LogP contribution in [0.2, 0.25) is 0 Å². The van der Waals surface area contributed by atoms with Crippen LogP contribution < -0.4 is 5.32 Å². The molecule has 4 nitrogen and oxygen atoms in total. The summed E-state index contributed by atoms with van der Waals surface area (Å²) in [5, 5.41) is 12.7. The van der Waals surface area contributed by atoms with Crippen molar-refractivity contribution in [1.29, 1.82) is 0 Å². The first-order valence-corrected chi connectivity index (χ1v) is 7.57. The summed E-state index contributed by atoms with van der Waals surface area (Å²) < 4.78 is 33.9. The predicted octanol–water partition coefficient (Wildman–Crippen LogP) is 1.84. The lowest BCUT2D eigenvalue weighted by Gasteiger charge is -2.25. The molecule has 2 N–H and O–H groups in total. The van der Waals surface area contributed by atoms with E-state index in [1.54, 1.807) is 0 Å². The van der Waals surface area contributed by atoms with Crippen molar-refractivity contribution < 1.29 is 23.4 Å². The summed E-state index contributed by atoms with van der Waals surface area (Å²) in [6.07, 6.45) is 3.51. The smallest absolute Gasteiger partial charge is 0.261 e. The molecular weight excluding hydrogens is 280 g/mol. The van der Waals surface area contributed by atoms with Crippen molar-refractivity contribution in [2.24, 2.45) is 11.8 Å². The first kappa shape index (κ1) is 18.5. The van der Waals surface area contributed by atoms with E-state index in [0.29, 0.717) is 31.5 Å². The van der Waals surface area contributed by atoms with Gasteiger partial charge in [-0.2, -0.15) is 0 Å². The van der Waals surface area contributed by atoms with Crippen molar-refractivity contribution in [2.75, 3.05) is 39.5 Å². The van der Waals surface area contributed by atoms with Crippen molar-refractivity contribution in [2.45, 2.75) is 32.3 Å². The highest BCUT2D eigenvalue weighted by Gasteiger charge is 2.18. The fourth-order valence-electron chi connectivity index (χ4n) is 2.24. The van der Waals surface area contributed by atoms with Crippen LogP contribution in [0.15, 0.2) is 12.2 Å². The minimum absolute atomic E-state index is 0.212. The van der Waals surface area contributed by atoms with Crippen molar-refractivity contribution in [3.8, 4) is 0 Å². The van der Waals surface area contributed by atoms with Crippen LogP contribution in [0.25, 0.3) is 0 Å². The highest BCUT2D eigenvalue weighted by atomic mass is 19.3. The molecule has 0 fully saturated rings. The number of aliphatic hydroxyl groups is 1. The first-order valence-electron chi connectivity index (χ1n) is 7.57. The van der Waals surface area contributed by atoms with E-state index in [1.807, 2.05) is 0 Å². The minimum Gasteiger partial charge on any atom is -0.389 e. The Morgan fingerprint density at radius 1 is 1.24 bits per heavy atom. The topological polar surface area (TPSA) is 50.7 Å². The van der Waals surface area contributed by atoms with Crippen LogP contribution in [0.3, 0.4) is 0 Å². The van der Waals surface area contributed by atoms with Crippen molar-refractivity contribution in [1.82, 2.24) is 5.32 Å². The number of aliphatic hydroxyl groups excluding tert-OH is 1. The Hall–Kier alpha value is -0.560. The Labute approximate surface area is 125 Å². The van der Waals surface area contributed by atoms with E-state index >= 15 is 0 Å². The van der Waals surface area contributed by atoms with E-state index in [-0.39, 0.29) is 13.2 Å². The number of hydrogen-bond donors (Lipinski definition) is 2. The van der Waals surface area contributed by atoms with Crippen LogP contribution >= 0.6 is 0 Å². The number of hydrogen-bond acceptors (Lipinski definition) is 4. The Morgan fingerprint density at radius 3 is 2.71 bits per heavy atom. The van der Waals surface area contributed by atoms with Gasteiger partial charge in [0.25, 0.3) is 6.43 Å². The molecule has 21 heavy (non-hydrogen) atoms. The second-order valence-electron chi connectivity index (χ2n) is 5.54. The zero-order chi connectivity index (χ0) is 15.5. The largest absolute Gasteiger partial charge is 0.389 e. The maximum absolute atomic E-state index is 11.8. The number of rotatable bonds is 11. The highest BCUT2D eigenvalue weighted by Crippen LogP contribution is 2.24. The fraction of sp³-hybridized carbons (Fsp3) is 0.867. The number of nitrogens with one attached hydrogen (secondary N) is 1. The van der Waals surface area contributed by atoms with Crippen LogP contribution in [0.1, 0.15) is 19.8 Å². The molecule has 0 aromatic carbocycles. The number of allylic oxidation sites excluding steroid dienone is 2. The third-order valence-electron chi connectivity index (χ3n) is 3.61. The van der Waals surface area contributed by atoms with Crippen LogP contribution in [0.4, 0.5) is 8.78 Å². The Morgan fingerprint density at radius 2 is 2.00 bits per heavy atom. The predicted molar refractivity (Wildman–Crippen MR) is 77.5 cm³/mol. The van der Waals surface area contributed by atoms with Crippen LogP contribution in [0.5, 0.6) is 0 Å². The number of ether oxygens (including phenoxy) is 2. The molecule has 0 spiro atoms. The second-order valence-corrected chi connectivity index (χ2v) is 5.54. The molecule has 3 atom stereocenters. The molecule has 3 unspecified atom stereocenters. The van der Waals surface area contributed by atoms with E-state index in [2.05, 4.69) is 24.4 Å². The van der Waals surface area contributed by atoms with Gasteiger partial charge in [-0.1, -0.05) is 19.1 Å². The molecule has 0 aromatic heterocycles. The van der Waals surface area contributed by atoms with Gasteiger partial charge in [0.1, 0.15) is 6.61 Å². The average Bonchev–Trinajstić information content (AvgIpc) is 2.44. The molecule has 0 bridgehead atoms. The molecule has 0 heterocycles. The molecule has 0 amide bonds. The molecule has 1 aliphatic rings. The van der Waals surface area contributed by atoms with Gasteiger partial charge in [-0.05, 0) is 24.7 Å². The highest BCUT2D eigenvalue weighted by molar-refractivity contribution is 4.93. The maximum atomic E-state index is 11.8.